The summed E-state index contributed by atoms with van der Waals surface area (Å²) in [7, 11) is 0. The minimum atomic E-state index is -0.168. The highest BCUT2D eigenvalue weighted by Gasteiger charge is 2.04. The van der Waals surface area contributed by atoms with E-state index >= 15 is 0 Å². The molecule has 0 radical (unpaired) electrons. The van der Waals surface area contributed by atoms with Gasteiger partial charge in [-0.1, -0.05) is 25.5 Å². The first kappa shape index (κ1) is 18.4. The molecule has 0 aliphatic rings. The summed E-state index contributed by atoms with van der Waals surface area (Å²) < 4.78 is 0. The Bertz CT molecular complexity index is 709. The first-order valence-electron chi connectivity index (χ1n) is 8.42. The number of carbonyl (C=O) groups excluding carboxylic acids is 2. The van der Waals surface area contributed by atoms with E-state index in [-0.39, 0.29) is 11.8 Å². The van der Waals surface area contributed by atoms with E-state index in [4.69, 9.17) is 0 Å². The van der Waals surface area contributed by atoms with Crippen molar-refractivity contribution in [3.05, 3.63) is 71.6 Å². The monoisotopic (exact) mass is 337 g/mol. The van der Waals surface area contributed by atoms with Gasteiger partial charge in [0.05, 0.1) is 0 Å². The molecule has 1 heterocycles. The minimum absolute atomic E-state index is 0.0654. The van der Waals surface area contributed by atoms with Crippen molar-refractivity contribution < 1.29 is 9.59 Å². The summed E-state index contributed by atoms with van der Waals surface area (Å²) in [6.45, 7) is 3.19. The molecular weight excluding hydrogens is 314 g/mol. The molecule has 0 saturated carbocycles. The van der Waals surface area contributed by atoms with Gasteiger partial charge < -0.3 is 10.6 Å². The van der Waals surface area contributed by atoms with E-state index in [1.165, 1.54) is 6.08 Å². The molecule has 0 fully saturated rings. The van der Waals surface area contributed by atoms with Crippen LogP contribution in [-0.2, 0) is 11.3 Å². The highest BCUT2D eigenvalue weighted by atomic mass is 16.2. The number of rotatable bonds is 8. The Morgan fingerprint density at radius 1 is 1.04 bits per heavy atom. The molecule has 2 rings (SSSR count). The quantitative estimate of drug-likeness (QED) is 0.575. The molecule has 2 aromatic rings. The van der Waals surface area contributed by atoms with Gasteiger partial charge >= 0.3 is 0 Å². The van der Waals surface area contributed by atoms with Crippen LogP contribution in [0.5, 0.6) is 0 Å². The number of carbonyl (C=O) groups is 2. The van der Waals surface area contributed by atoms with Crippen molar-refractivity contribution in [3.8, 4) is 0 Å². The molecular formula is C20H23N3O2. The van der Waals surface area contributed by atoms with Crippen LogP contribution < -0.4 is 10.6 Å². The second-order valence-electron chi connectivity index (χ2n) is 5.64. The number of aromatic nitrogens is 1. The van der Waals surface area contributed by atoms with Crippen molar-refractivity contribution in [1.82, 2.24) is 15.6 Å². The Kier molecular flexibility index (Phi) is 7.38. The predicted octanol–water partition coefficient (Wildman–Crippen LogP) is 2.94. The third-order valence-corrected chi connectivity index (χ3v) is 3.63. The topological polar surface area (TPSA) is 71.1 Å². The van der Waals surface area contributed by atoms with Gasteiger partial charge in [0.15, 0.2) is 0 Å². The Labute approximate surface area is 148 Å². The normalized spacial score (nSPS) is 10.6. The number of amides is 2. The van der Waals surface area contributed by atoms with E-state index in [0.29, 0.717) is 18.7 Å². The number of hydrogen-bond acceptors (Lipinski definition) is 3. The zero-order valence-electron chi connectivity index (χ0n) is 14.4. The zero-order chi connectivity index (χ0) is 17.9. The first-order valence-corrected chi connectivity index (χ1v) is 8.42. The van der Waals surface area contributed by atoms with E-state index in [2.05, 4.69) is 22.5 Å². The third-order valence-electron chi connectivity index (χ3n) is 3.63. The van der Waals surface area contributed by atoms with Crippen LogP contribution in [0.15, 0.2) is 54.9 Å². The molecule has 0 atom stereocenters. The predicted molar refractivity (Wildman–Crippen MR) is 98.8 cm³/mol. The van der Waals surface area contributed by atoms with Gasteiger partial charge in [-0.3, -0.25) is 14.6 Å². The molecule has 1 aromatic carbocycles. The molecule has 0 unspecified atom stereocenters. The molecule has 0 saturated heterocycles. The summed E-state index contributed by atoms with van der Waals surface area (Å²) in [5.41, 5.74) is 2.49. The minimum Gasteiger partial charge on any atom is -0.352 e. The Balaban J connectivity index is 1.80. The smallest absolute Gasteiger partial charge is 0.251 e. The van der Waals surface area contributed by atoms with E-state index in [0.717, 1.165) is 24.0 Å². The Morgan fingerprint density at radius 3 is 2.44 bits per heavy atom. The fraction of sp³-hybridized carbons (Fsp3) is 0.250. The maximum atomic E-state index is 11.9. The number of benzene rings is 1. The van der Waals surface area contributed by atoms with Gasteiger partial charge in [0.25, 0.3) is 5.91 Å². The molecule has 5 heteroatoms. The molecule has 130 valence electrons. The summed E-state index contributed by atoms with van der Waals surface area (Å²) in [6.07, 6.45) is 8.61. The van der Waals surface area contributed by atoms with Gasteiger partial charge in [0.1, 0.15) is 0 Å². The number of nitrogens with zero attached hydrogens (tertiary/aromatic N) is 1. The van der Waals surface area contributed by atoms with Crippen LogP contribution >= 0.6 is 0 Å². The summed E-state index contributed by atoms with van der Waals surface area (Å²) in [5.74, 6) is -0.234. The van der Waals surface area contributed by atoms with Gasteiger partial charge in [-0.2, -0.15) is 0 Å². The third kappa shape index (κ3) is 6.59. The summed E-state index contributed by atoms with van der Waals surface area (Å²) in [6, 6.07) is 10.9. The fourth-order valence-corrected chi connectivity index (χ4v) is 2.15. The standard InChI is InChI=1S/C20H23N3O2/c1-2-3-12-22-20(25)18-7-4-17(5-8-18)15-23-19(24)9-6-16-10-13-21-14-11-16/h4-11,13-14H,2-3,12,15H2,1H3,(H,22,25)(H,23,24). The molecule has 0 bridgehead atoms. The lowest BCUT2D eigenvalue weighted by atomic mass is 10.1. The van der Waals surface area contributed by atoms with E-state index in [1.807, 2.05) is 24.3 Å². The number of pyridine rings is 1. The van der Waals surface area contributed by atoms with E-state index in [9.17, 15) is 9.59 Å². The van der Waals surface area contributed by atoms with Crippen LogP contribution in [0.25, 0.3) is 6.08 Å². The molecule has 0 aliphatic carbocycles. The van der Waals surface area contributed by atoms with Crippen molar-refractivity contribution in [2.75, 3.05) is 6.54 Å². The van der Waals surface area contributed by atoms with Crippen molar-refractivity contribution in [1.29, 1.82) is 0 Å². The van der Waals surface area contributed by atoms with Crippen LogP contribution in [0.1, 0.15) is 41.3 Å². The van der Waals surface area contributed by atoms with Crippen LogP contribution in [-0.4, -0.2) is 23.3 Å². The highest BCUT2D eigenvalue weighted by Crippen LogP contribution is 2.05. The highest BCUT2D eigenvalue weighted by molar-refractivity contribution is 5.94. The molecule has 0 spiro atoms. The molecule has 2 amide bonds. The van der Waals surface area contributed by atoms with Gasteiger partial charge in [-0.05, 0) is 47.9 Å². The molecule has 5 nitrogen and oxygen atoms in total. The second-order valence-corrected chi connectivity index (χ2v) is 5.64. The number of hydrogen-bond donors (Lipinski definition) is 2. The summed E-state index contributed by atoms with van der Waals surface area (Å²) in [4.78, 5) is 27.7. The van der Waals surface area contributed by atoms with Gasteiger partial charge in [0, 0.05) is 37.1 Å². The van der Waals surface area contributed by atoms with Crippen molar-refractivity contribution >= 4 is 17.9 Å². The lowest BCUT2D eigenvalue weighted by Crippen LogP contribution is -2.24. The molecule has 1 aromatic heterocycles. The van der Waals surface area contributed by atoms with Gasteiger partial charge in [-0.25, -0.2) is 0 Å². The molecule has 0 aliphatic heterocycles. The van der Waals surface area contributed by atoms with Crippen molar-refractivity contribution in [2.24, 2.45) is 0 Å². The summed E-state index contributed by atoms with van der Waals surface area (Å²) in [5, 5.41) is 5.70. The molecule has 2 N–H and O–H groups in total. The maximum Gasteiger partial charge on any atom is 0.251 e. The Morgan fingerprint density at radius 2 is 1.76 bits per heavy atom. The van der Waals surface area contributed by atoms with Crippen LogP contribution in [0.3, 0.4) is 0 Å². The lowest BCUT2D eigenvalue weighted by Gasteiger charge is -2.06. The average molecular weight is 337 g/mol. The van der Waals surface area contributed by atoms with Gasteiger partial charge in [-0.15, -0.1) is 0 Å². The first-order chi connectivity index (χ1) is 12.2. The van der Waals surface area contributed by atoms with Crippen LogP contribution in [0.4, 0.5) is 0 Å². The van der Waals surface area contributed by atoms with Gasteiger partial charge in [0.2, 0.25) is 5.91 Å². The SMILES string of the molecule is CCCCNC(=O)c1ccc(CNC(=O)C=Cc2ccncc2)cc1. The van der Waals surface area contributed by atoms with Crippen LogP contribution in [0.2, 0.25) is 0 Å². The lowest BCUT2D eigenvalue weighted by molar-refractivity contribution is -0.116. The maximum absolute atomic E-state index is 11.9. The van der Waals surface area contributed by atoms with Crippen LogP contribution in [0, 0.1) is 0 Å². The van der Waals surface area contributed by atoms with E-state index < -0.39 is 0 Å². The van der Waals surface area contributed by atoms with E-state index in [1.54, 1.807) is 30.6 Å². The zero-order valence-corrected chi connectivity index (χ0v) is 14.4. The number of nitrogens with one attached hydrogen (secondary N) is 2. The average Bonchev–Trinajstić information content (AvgIpc) is 2.66. The largest absolute Gasteiger partial charge is 0.352 e. The molecule has 25 heavy (non-hydrogen) atoms. The number of unbranched alkanes of at least 4 members (excludes halogenated alkanes) is 1. The summed E-state index contributed by atoms with van der Waals surface area (Å²) >= 11 is 0. The Hall–Kier alpha value is -2.95. The fourth-order valence-electron chi connectivity index (χ4n) is 2.15. The van der Waals surface area contributed by atoms with Crippen molar-refractivity contribution in [2.45, 2.75) is 26.3 Å². The second kappa shape index (κ2) is 10.0. The van der Waals surface area contributed by atoms with Crippen molar-refractivity contribution in [3.63, 3.8) is 0 Å².